The summed E-state index contributed by atoms with van der Waals surface area (Å²) in [7, 11) is 1.86. The molecule has 0 fully saturated rings. The number of thiocarbonyl (C=S) groups is 1. The number of hydrogen-bond donors (Lipinski definition) is 2. The first-order chi connectivity index (χ1) is 4.18. The molecule has 0 aliphatic heterocycles. The quantitative estimate of drug-likeness (QED) is 0.529. The lowest BCUT2D eigenvalue weighted by molar-refractivity contribution is 0.495. The zero-order valence-corrected chi connectivity index (χ0v) is 6.45. The number of hydrogen-bond acceptors (Lipinski definition) is 2. The first-order valence-electron chi connectivity index (χ1n) is 2.89. The fourth-order valence-electron chi connectivity index (χ4n) is 0.439. The van der Waals surface area contributed by atoms with Gasteiger partial charge in [0.25, 0.3) is 0 Å². The number of rotatable bonds is 3. The molecule has 0 aromatic heterocycles. The predicted molar refractivity (Wildman–Crippen MR) is 43.1 cm³/mol. The van der Waals surface area contributed by atoms with Gasteiger partial charge in [0.1, 0.15) is 0 Å². The topological polar surface area (TPSA) is 55.3 Å². The first-order valence-corrected chi connectivity index (χ1v) is 3.30. The van der Waals surface area contributed by atoms with Gasteiger partial charge in [0, 0.05) is 13.6 Å². The van der Waals surface area contributed by atoms with E-state index in [0.717, 1.165) is 13.0 Å². The average molecular weight is 147 g/mol. The van der Waals surface area contributed by atoms with E-state index in [1.807, 2.05) is 11.9 Å². The minimum atomic E-state index is 0.434. The lowest BCUT2D eigenvalue weighted by atomic mass is 10.4. The smallest absolute Gasteiger partial charge is 0.166 e. The molecule has 0 saturated heterocycles. The monoisotopic (exact) mass is 147 g/mol. The number of nitrogens with zero attached hydrogens (tertiary/aromatic N) is 1. The van der Waals surface area contributed by atoms with Crippen LogP contribution in [0.1, 0.15) is 6.42 Å². The van der Waals surface area contributed by atoms with Gasteiger partial charge in [-0.3, -0.25) is 0 Å². The van der Waals surface area contributed by atoms with Crippen LogP contribution in [0.25, 0.3) is 0 Å². The van der Waals surface area contributed by atoms with Crippen molar-refractivity contribution in [3.05, 3.63) is 0 Å². The summed E-state index contributed by atoms with van der Waals surface area (Å²) in [6.45, 7) is 1.54. The summed E-state index contributed by atoms with van der Waals surface area (Å²) in [5, 5.41) is 0.434. The predicted octanol–water partition coefficient (Wildman–Crippen LogP) is -0.489. The van der Waals surface area contributed by atoms with Crippen molar-refractivity contribution in [3.8, 4) is 0 Å². The normalized spacial score (nSPS) is 9.11. The maximum absolute atomic E-state index is 5.29. The van der Waals surface area contributed by atoms with Crippen LogP contribution in [-0.4, -0.2) is 30.1 Å². The Kier molecular flexibility index (Phi) is 4.35. The van der Waals surface area contributed by atoms with Crippen molar-refractivity contribution in [2.75, 3.05) is 20.1 Å². The van der Waals surface area contributed by atoms with Crippen LogP contribution < -0.4 is 11.5 Å². The van der Waals surface area contributed by atoms with Gasteiger partial charge in [-0.05, 0) is 25.2 Å². The molecule has 0 amide bonds. The Morgan fingerprint density at radius 1 is 1.67 bits per heavy atom. The Hall–Kier alpha value is -0.350. The van der Waals surface area contributed by atoms with Crippen LogP contribution in [0.3, 0.4) is 0 Å². The molecule has 0 rings (SSSR count). The van der Waals surface area contributed by atoms with Gasteiger partial charge in [0.15, 0.2) is 5.11 Å². The molecule has 0 aliphatic rings. The van der Waals surface area contributed by atoms with Crippen molar-refractivity contribution in [2.24, 2.45) is 11.5 Å². The van der Waals surface area contributed by atoms with E-state index in [1.54, 1.807) is 0 Å². The van der Waals surface area contributed by atoms with Gasteiger partial charge >= 0.3 is 0 Å². The van der Waals surface area contributed by atoms with Crippen LogP contribution in [0.4, 0.5) is 0 Å². The summed E-state index contributed by atoms with van der Waals surface area (Å²) >= 11 is 4.69. The van der Waals surface area contributed by atoms with Gasteiger partial charge in [-0.15, -0.1) is 0 Å². The summed E-state index contributed by atoms with van der Waals surface area (Å²) in [5.41, 5.74) is 10.6. The van der Waals surface area contributed by atoms with Gasteiger partial charge in [0.05, 0.1) is 0 Å². The van der Waals surface area contributed by atoms with Gasteiger partial charge in [-0.2, -0.15) is 0 Å². The minimum absolute atomic E-state index is 0.434. The van der Waals surface area contributed by atoms with E-state index in [2.05, 4.69) is 0 Å². The SMILES string of the molecule is CN(CCCN)C(N)=S. The van der Waals surface area contributed by atoms with E-state index in [9.17, 15) is 0 Å². The molecule has 0 heterocycles. The highest BCUT2D eigenvalue weighted by Crippen LogP contribution is 1.83. The lowest BCUT2D eigenvalue weighted by Crippen LogP contribution is -2.33. The van der Waals surface area contributed by atoms with E-state index < -0.39 is 0 Å². The summed E-state index contributed by atoms with van der Waals surface area (Å²) < 4.78 is 0. The Bertz CT molecular complexity index is 94.2. The Morgan fingerprint density at radius 3 is 2.56 bits per heavy atom. The maximum atomic E-state index is 5.29. The van der Waals surface area contributed by atoms with Crippen LogP contribution >= 0.6 is 12.2 Å². The Morgan fingerprint density at radius 2 is 2.22 bits per heavy atom. The van der Waals surface area contributed by atoms with Gasteiger partial charge < -0.3 is 16.4 Å². The van der Waals surface area contributed by atoms with E-state index in [0.29, 0.717) is 11.7 Å². The molecular weight excluding hydrogens is 134 g/mol. The summed E-state index contributed by atoms with van der Waals surface area (Å²) in [6, 6.07) is 0. The van der Waals surface area contributed by atoms with Gasteiger partial charge in [0.2, 0.25) is 0 Å². The second kappa shape index (κ2) is 4.52. The highest BCUT2D eigenvalue weighted by Gasteiger charge is 1.95. The summed E-state index contributed by atoms with van der Waals surface area (Å²) in [5.74, 6) is 0. The fraction of sp³-hybridized carbons (Fsp3) is 0.800. The third-order valence-electron chi connectivity index (χ3n) is 1.07. The molecule has 0 atom stereocenters. The van der Waals surface area contributed by atoms with Crippen molar-refractivity contribution in [3.63, 3.8) is 0 Å². The fourth-order valence-corrected chi connectivity index (χ4v) is 0.530. The van der Waals surface area contributed by atoms with E-state index in [-0.39, 0.29) is 0 Å². The molecule has 54 valence electrons. The van der Waals surface area contributed by atoms with Gasteiger partial charge in [-0.25, -0.2) is 0 Å². The molecule has 0 aliphatic carbocycles. The van der Waals surface area contributed by atoms with Gasteiger partial charge in [-0.1, -0.05) is 0 Å². The average Bonchev–Trinajstić information content (AvgIpc) is 1.82. The molecular formula is C5H13N3S. The molecule has 0 radical (unpaired) electrons. The minimum Gasteiger partial charge on any atom is -0.376 e. The molecule has 3 nitrogen and oxygen atoms in total. The number of nitrogens with two attached hydrogens (primary N) is 2. The molecule has 0 aromatic rings. The van der Waals surface area contributed by atoms with Crippen LogP contribution in [0.15, 0.2) is 0 Å². The third kappa shape index (κ3) is 4.17. The van der Waals surface area contributed by atoms with E-state index in [1.165, 1.54) is 0 Å². The van der Waals surface area contributed by atoms with Crippen molar-refractivity contribution in [1.82, 2.24) is 4.90 Å². The van der Waals surface area contributed by atoms with E-state index >= 15 is 0 Å². The van der Waals surface area contributed by atoms with Crippen LogP contribution in [0.5, 0.6) is 0 Å². The van der Waals surface area contributed by atoms with E-state index in [4.69, 9.17) is 23.7 Å². The summed E-state index contributed by atoms with van der Waals surface area (Å²) in [6.07, 6.45) is 0.938. The zero-order chi connectivity index (χ0) is 7.28. The van der Waals surface area contributed by atoms with Crippen LogP contribution in [0.2, 0.25) is 0 Å². The molecule has 4 heteroatoms. The first kappa shape index (κ1) is 8.65. The highest BCUT2D eigenvalue weighted by molar-refractivity contribution is 7.80. The summed E-state index contributed by atoms with van der Waals surface area (Å²) in [4.78, 5) is 1.81. The molecule has 0 unspecified atom stereocenters. The van der Waals surface area contributed by atoms with Crippen LogP contribution in [0, 0.1) is 0 Å². The second-order valence-electron chi connectivity index (χ2n) is 1.90. The molecule has 0 bridgehead atoms. The Labute approximate surface area is 61.0 Å². The molecule has 9 heavy (non-hydrogen) atoms. The Balaban J connectivity index is 3.27. The maximum Gasteiger partial charge on any atom is 0.166 e. The third-order valence-corrected chi connectivity index (χ3v) is 1.39. The highest BCUT2D eigenvalue weighted by atomic mass is 32.1. The van der Waals surface area contributed by atoms with Crippen LogP contribution in [-0.2, 0) is 0 Å². The lowest BCUT2D eigenvalue weighted by Gasteiger charge is -2.15. The largest absolute Gasteiger partial charge is 0.376 e. The van der Waals surface area contributed by atoms with Crippen molar-refractivity contribution < 1.29 is 0 Å². The second-order valence-corrected chi connectivity index (χ2v) is 2.32. The molecule has 0 saturated carbocycles. The standard InChI is InChI=1S/C5H13N3S/c1-8(5(7)9)4-2-3-6/h2-4,6H2,1H3,(H2,7,9). The molecule has 4 N–H and O–H groups in total. The zero-order valence-electron chi connectivity index (χ0n) is 5.63. The molecule has 0 spiro atoms. The molecule has 0 aromatic carbocycles. The van der Waals surface area contributed by atoms with Crippen molar-refractivity contribution >= 4 is 17.3 Å². The van der Waals surface area contributed by atoms with Crippen molar-refractivity contribution in [2.45, 2.75) is 6.42 Å². The van der Waals surface area contributed by atoms with Crippen molar-refractivity contribution in [1.29, 1.82) is 0 Å².